The van der Waals surface area contributed by atoms with Crippen molar-refractivity contribution in [3.8, 4) is 6.01 Å². The van der Waals surface area contributed by atoms with Crippen molar-refractivity contribution < 1.29 is 42.2 Å². The Labute approximate surface area is 285 Å². The summed E-state index contributed by atoms with van der Waals surface area (Å²) in [6.45, 7) is -2.24. The minimum absolute atomic E-state index is 0.0212. The first kappa shape index (κ1) is 35.3. The first-order valence-corrected chi connectivity index (χ1v) is 15.1. The van der Waals surface area contributed by atoms with Crippen molar-refractivity contribution in [3.63, 3.8) is 0 Å². The smallest absolute Gasteiger partial charge is 0.422 e. The van der Waals surface area contributed by atoms with Crippen LogP contribution in [0.15, 0.2) is 60.8 Å². The summed E-state index contributed by atoms with van der Waals surface area (Å²) in [4.78, 5) is 61.1. The number of carbonyl (C=O) groups excluding carboxylic acids is 3. The number of alkyl halides is 3. The van der Waals surface area contributed by atoms with Crippen LogP contribution in [0, 0.1) is 0 Å². The minimum Gasteiger partial charge on any atom is -0.480 e. The third-order valence-electron chi connectivity index (χ3n) is 7.22. The molecule has 20 heteroatoms. The van der Waals surface area contributed by atoms with Crippen LogP contribution < -0.4 is 31.3 Å². The Balaban J connectivity index is 1.23. The van der Waals surface area contributed by atoms with E-state index in [0.717, 1.165) is 5.56 Å². The lowest BCUT2D eigenvalue weighted by molar-refractivity contribution is -0.154. The van der Waals surface area contributed by atoms with Crippen molar-refractivity contribution in [2.24, 2.45) is 7.05 Å². The third kappa shape index (κ3) is 9.34. The molecular weight excluding hydrogens is 689 g/mol. The molecule has 2 aromatic heterocycles. The number of carboxylic acid groups (broad SMARTS) is 1. The molecule has 50 heavy (non-hydrogen) atoms. The van der Waals surface area contributed by atoms with E-state index >= 15 is 0 Å². The number of aliphatic carboxylic acids is 1. The number of aryl methyl sites for hydroxylation is 1. The van der Waals surface area contributed by atoms with Crippen LogP contribution in [0.3, 0.4) is 0 Å². The van der Waals surface area contributed by atoms with Gasteiger partial charge in [-0.3, -0.25) is 19.1 Å². The number of carboxylic acids is 1. The number of hydrogen-bond acceptors (Lipinski definition) is 11. The molecule has 1 aliphatic rings. The highest BCUT2D eigenvalue weighted by Crippen LogP contribution is 2.48. The molecule has 262 valence electrons. The fraction of sp³-hybridized carbons (Fsp3) is 0.267. The average molecular weight is 717 g/mol. The lowest BCUT2D eigenvalue weighted by Gasteiger charge is -2.19. The molecule has 6 N–H and O–H groups in total. The van der Waals surface area contributed by atoms with Gasteiger partial charge in [0.05, 0.1) is 11.7 Å². The fourth-order valence-corrected chi connectivity index (χ4v) is 4.62. The van der Waals surface area contributed by atoms with Crippen molar-refractivity contribution in [2.75, 3.05) is 29.1 Å². The summed E-state index contributed by atoms with van der Waals surface area (Å²) < 4.78 is 44.8. The van der Waals surface area contributed by atoms with Gasteiger partial charge in [-0.25, -0.2) is 4.79 Å². The molecule has 0 unspecified atom stereocenters. The maximum atomic E-state index is 12.9. The van der Waals surface area contributed by atoms with E-state index in [0.29, 0.717) is 23.6 Å². The molecule has 2 heterocycles. The zero-order chi connectivity index (χ0) is 36.1. The van der Waals surface area contributed by atoms with Crippen LogP contribution >= 0.6 is 11.6 Å². The van der Waals surface area contributed by atoms with Crippen LogP contribution in [0.25, 0.3) is 0 Å². The Morgan fingerprint density at radius 1 is 0.980 bits per heavy atom. The summed E-state index contributed by atoms with van der Waals surface area (Å²) in [5.74, 6) is -4.49. The molecule has 1 aliphatic carbocycles. The highest BCUT2D eigenvalue weighted by molar-refractivity contribution is 6.39. The molecule has 5 rings (SSSR count). The van der Waals surface area contributed by atoms with Crippen LogP contribution in [0.4, 0.5) is 36.6 Å². The summed E-state index contributed by atoms with van der Waals surface area (Å²) in [5, 5.41) is 26.7. The standard InChI is InChI=1S/C30H28ClF3N10O6/c1-44-21(10-13-36-44)39-24(47)23(46)35-14-20(25(48)49)38-22(45)16-2-8-19(9-3-16)37-26-40-27(42-28(41-26)50-15-30(32,33)34)43-29(11-12-29)17-4-6-18(31)7-5-17/h2-10,13,20H,11-12,14-15H2,1H3,(H,35,46)(H,38,45)(H,39,47)(H,48,49)(H2,37,40,41,42,43)/t20-/m0/s1. The van der Waals surface area contributed by atoms with E-state index in [1.54, 1.807) is 12.1 Å². The molecule has 4 aromatic rings. The van der Waals surface area contributed by atoms with Crippen LogP contribution in [0.5, 0.6) is 6.01 Å². The number of amides is 3. The molecule has 16 nitrogen and oxygen atoms in total. The van der Waals surface area contributed by atoms with Gasteiger partial charge in [-0.2, -0.15) is 33.2 Å². The predicted octanol–water partition coefficient (Wildman–Crippen LogP) is 2.98. The van der Waals surface area contributed by atoms with Crippen LogP contribution in [0.1, 0.15) is 28.8 Å². The van der Waals surface area contributed by atoms with E-state index in [4.69, 9.17) is 16.3 Å². The van der Waals surface area contributed by atoms with Gasteiger partial charge in [0.1, 0.15) is 11.9 Å². The summed E-state index contributed by atoms with van der Waals surface area (Å²) >= 11 is 6.00. The van der Waals surface area contributed by atoms with E-state index in [9.17, 15) is 37.5 Å². The van der Waals surface area contributed by atoms with Gasteiger partial charge in [0.15, 0.2) is 6.61 Å². The highest BCUT2D eigenvalue weighted by Gasteiger charge is 2.45. The van der Waals surface area contributed by atoms with Gasteiger partial charge in [-0.1, -0.05) is 23.7 Å². The molecule has 1 fully saturated rings. The lowest BCUT2D eigenvalue weighted by atomic mass is 10.1. The van der Waals surface area contributed by atoms with Gasteiger partial charge < -0.3 is 36.4 Å². The summed E-state index contributed by atoms with van der Waals surface area (Å²) in [7, 11) is 1.54. The zero-order valence-electron chi connectivity index (χ0n) is 25.9. The van der Waals surface area contributed by atoms with Gasteiger partial charge in [-0.15, -0.1) is 0 Å². The normalized spacial score (nSPS) is 13.8. The Morgan fingerprint density at radius 2 is 1.66 bits per heavy atom. The summed E-state index contributed by atoms with van der Waals surface area (Å²) in [6.07, 6.45) is -1.86. The van der Waals surface area contributed by atoms with E-state index in [-0.39, 0.29) is 23.3 Å². The topological polar surface area (TPSA) is 214 Å². The average Bonchev–Trinajstić information content (AvgIpc) is 3.73. The van der Waals surface area contributed by atoms with Gasteiger partial charge >= 0.3 is 30.0 Å². The van der Waals surface area contributed by atoms with Crippen LogP contribution in [0.2, 0.25) is 5.02 Å². The largest absolute Gasteiger partial charge is 0.480 e. The minimum atomic E-state index is -4.65. The second kappa shape index (κ2) is 14.6. The second-order valence-corrected chi connectivity index (χ2v) is 11.4. The van der Waals surface area contributed by atoms with E-state index < -0.39 is 60.6 Å². The summed E-state index contributed by atoms with van der Waals surface area (Å²) in [5.41, 5.74) is 0.637. The maximum absolute atomic E-state index is 12.9. The van der Waals surface area contributed by atoms with Gasteiger partial charge in [0, 0.05) is 35.9 Å². The molecule has 0 aliphatic heterocycles. The van der Waals surface area contributed by atoms with Crippen molar-refractivity contribution in [2.45, 2.75) is 30.6 Å². The van der Waals surface area contributed by atoms with E-state index in [2.05, 4.69) is 46.6 Å². The Kier molecular flexibility index (Phi) is 10.3. The SMILES string of the molecule is Cn1nccc1NC(=O)C(=O)NC[C@H](NC(=O)c1ccc(Nc2nc(NC3(c4ccc(Cl)cc4)CC3)nc(OCC(F)(F)F)n2)cc1)C(=O)O. The van der Waals surface area contributed by atoms with Crippen LogP contribution in [-0.4, -0.2) is 78.9 Å². The maximum Gasteiger partial charge on any atom is 0.422 e. The molecule has 0 bridgehead atoms. The number of nitrogens with zero attached hydrogens (tertiary/aromatic N) is 5. The Bertz CT molecular complexity index is 1890. The quantitative estimate of drug-likeness (QED) is 0.110. The molecule has 3 amide bonds. The molecule has 0 saturated heterocycles. The monoisotopic (exact) mass is 716 g/mol. The first-order valence-electron chi connectivity index (χ1n) is 14.7. The predicted molar refractivity (Wildman–Crippen MR) is 171 cm³/mol. The van der Waals surface area contributed by atoms with Gasteiger partial charge in [0.25, 0.3) is 5.91 Å². The molecule has 0 radical (unpaired) electrons. The van der Waals surface area contributed by atoms with Crippen LogP contribution in [-0.2, 0) is 27.0 Å². The number of ether oxygens (including phenoxy) is 1. The van der Waals surface area contributed by atoms with Crippen molar-refractivity contribution in [1.29, 1.82) is 0 Å². The Morgan fingerprint density at radius 3 is 2.26 bits per heavy atom. The number of hydrogen-bond donors (Lipinski definition) is 6. The van der Waals surface area contributed by atoms with Crippen molar-refractivity contribution in [1.82, 2.24) is 35.4 Å². The molecule has 2 aromatic carbocycles. The Hall–Kier alpha value is -5.98. The zero-order valence-corrected chi connectivity index (χ0v) is 26.7. The van der Waals surface area contributed by atoms with E-state index in [1.165, 1.54) is 48.3 Å². The second-order valence-electron chi connectivity index (χ2n) is 11.0. The molecule has 1 saturated carbocycles. The molecule has 0 spiro atoms. The third-order valence-corrected chi connectivity index (χ3v) is 7.47. The van der Waals surface area contributed by atoms with Crippen molar-refractivity contribution in [3.05, 3.63) is 76.9 Å². The number of anilines is 4. The summed E-state index contributed by atoms with van der Waals surface area (Å²) in [6, 6.07) is 11.8. The lowest BCUT2D eigenvalue weighted by Crippen LogP contribution is -2.50. The first-order chi connectivity index (χ1) is 23.7. The van der Waals surface area contributed by atoms with Gasteiger partial charge in [0.2, 0.25) is 11.9 Å². The number of carbonyl (C=O) groups is 4. The highest BCUT2D eigenvalue weighted by atomic mass is 35.5. The van der Waals surface area contributed by atoms with Crippen molar-refractivity contribution >= 4 is 58.7 Å². The van der Waals surface area contributed by atoms with E-state index in [1.807, 2.05) is 12.1 Å². The van der Waals surface area contributed by atoms with Gasteiger partial charge in [-0.05, 0) is 54.8 Å². The molecular formula is C30H28ClF3N10O6. The number of halogens is 4. The molecule has 1 atom stereocenters. The number of benzene rings is 2. The number of aromatic nitrogens is 5. The number of nitrogens with one attached hydrogen (secondary N) is 5. The fourth-order valence-electron chi connectivity index (χ4n) is 4.49. The number of rotatable bonds is 13.